The van der Waals surface area contributed by atoms with E-state index in [4.69, 9.17) is 16.1 Å². The van der Waals surface area contributed by atoms with Gasteiger partial charge in [0.1, 0.15) is 11.6 Å². The fourth-order valence-electron chi connectivity index (χ4n) is 3.34. The Morgan fingerprint density at radius 3 is 2.00 bits per heavy atom. The summed E-state index contributed by atoms with van der Waals surface area (Å²) in [5, 5.41) is 0. The maximum atomic E-state index is 5.73. The summed E-state index contributed by atoms with van der Waals surface area (Å²) in [6.07, 6.45) is 5.73. The number of rotatable bonds is 5. The Balaban J connectivity index is 1.99. The Labute approximate surface area is 165 Å². The largest absolute Gasteiger partial charge is 0.497 e. The van der Waals surface area contributed by atoms with Crippen LogP contribution in [0.15, 0.2) is 84.9 Å². The highest BCUT2D eigenvalue weighted by Gasteiger charge is 2.20. The molecule has 0 fully saturated rings. The lowest BCUT2D eigenvalue weighted by atomic mass is 10.0. The SMILES string of the molecule is C#CCn1c(-c2ccc(OC)cc2)nc(-c2ccccc2)c1-c1ccccc1. The van der Waals surface area contributed by atoms with E-state index in [1.54, 1.807) is 7.11 Å². The third kappa shape index (κ3) is 3.28. The maximum Gasteiger partial charge on any atom is 0.142 e. The zero-order chi connectivity index (χ0) is 19.3. The number of hydrogen-bond donors (Lipinski definition) is 0. The molecule has 0 N–H and O–H groups in total. The number of aromatic nitrogens is 2. The molecule has 0 saturated heterocycles. The van der Waals surface area contributed by atoms with Gasteiger partial charge in [0, 0.05) is 16.7 Å². The zero-order valence-electron chi connectivity index (χ0n) is 15.7. The van der Waals surface area contributed by atoms with Gasteiger partial charge in [0.15, 0.2) is 0 Å². The third-order valence-corrected chi connectivity index (χ3v) is 4.66. The summed E-state index contributed by atoms with van der Waals surface area (Å²) in [6.45, 7) is 0.436. The number of imidazole rings is 1. The Morgan fingerprint density at radius 1 is 0.821 bits per heavy atom. The number of terminal acetylenes is 1. The van der Waals surface area contributed by atoms with Crippen LogP contribution in [0.3, 0.4) is 0 Å². The summed E-state index contributed by atoms with van der Waals surface area (Å²) < 4.78 is 7.40. The monoisotopic (exact) mass is 364 g/mol. The predicted molar refractivity (Wildman–Crippen MR) is 114 cm³/mol. The first-order chi connectivity index (χ1) is 13.8. The second-order valence-corrected chi connectivity index (χ2v) is 6.38. The summed E-state index contributed by atoms with van der Waals surface area (Å²) in [7, 11) is 1.66. The van der Waals surface area contributed by atoms with E-state index >= 15 is 0 Å². The van der Waals surface area contributed by atoms with Gasteiger partial charge in [0.2, 0.25) is 0 Å². The smallest absolute Gasteiger partial charge is 0.142 e. The lowest BCUT2D eigenvalue weighted by Crippen LogP contribution is -2.01. The van der Waals surface area contributed by atoms with Crippen molar-refractivity contribution in [2.24, 2.45) is 0 Å². The zero-order valence-corrected chi connectivity index (χ0v) is 15.7. The van der Waals surface area contributed by atoms with Gasteiger partial charge in [-0.2, -0.15) is 0 Å². The molecule has 0 saturated carbocycles. The Bertz CT molecular complexity index is 1110. The van der Waals surface area contributed by atoms with Crippen molar-refractivity contribution < 1.29 is 4.74 Å². The molecule has 3 heteroatoms. The van der Waals surface area contributed by atoms with Gasteiger partial charge in [-0.25, -0.2) is 4.98 Å². The molecule has 136 valence electrons. The van der Waals surface area contributed by atoms with Crippen molar-refractivity contribution in [2.45, 2.75) is 6.54 Å². The minimum atomic E-state index is 0.436. The fraction of sp³-hybridized carbons (Fsp3) is 0.0800. The van der Waals surface area contributed by atoms with Crippen LogP contribution >= 0.6 is 0 Å². The predicted octanol–water partition coefficient (Wildman–Crippen LogP) is 5.53. The van der Waals surface area contributed by atoms with Crippen molar-refractivity contribution in [3.63, 3.8) is 0 Å². The fourth-order valence-corrected chi connectivity index (χ4v) is 3.34. The van der Waals surface area contributed by atoms with E-state index in [1.807, 2.05) is 60.7 Å². The van der Waals surface area contributed by atoms with Crippen LogP contribution in [0, 0.1) is 12.3 Å². The quantitative estimate of drug-likeness (QED) is 0.436. The highest BCUT2D eigenvalue weighted by atomic mass is 16.5. The van der Waals surface area contributed by atoms with Crippen LogP contribution in [0.4, 0.5) is 0 Å². The maximum absolute atomic E-state index is 5.73. The molecule has 0 amide bonds. The first-order valence-corrected chi connectivity index (χ1v) is 9.11. The summed E-state index contributed by atoms with van der Waals surface area (Å²) in [4.78, 5) is 5.03. The van der Waals surface area contributed by atoms with Crippen molar-refractivity contribution in [1.82, 2.24) is 9.55 Å². The number of ether oxygens (including phenoxy) is 1. The third-order valence-electron chi connectivity index (χ3n) is 4.66. The van der Waals surface area contributed by atoms with Gasteiger partial charge in [-0.15, -0.1) is 6.42 Å². The van der Waals surface area contributed by atoms with Crippen LogP contribution in [0.2, 0.25) is 0 Å². The van der Waals surface area contributed by atoms with Crippen LogP contribution in [-0.4, -0.2) is 16.7 Å². The summed E-state index contributed by atoms with van der Waals surface area (Å²) in [6, 6.07) is 28.4. The highest BCUT2D eigenvalue weighted by molar-refractivity contribution is 5.82. The second-order valence-electron chi connectivity index (χ2n) is 6.38. The lowest BCUT2D eigenvalue weighted by molar-refractivity contribution is 0.415. The van der Waals surface area contributed by atoms with Crippen molar-refractivity contribution in [3.8, 4) is 52.0 Å². The van der Waals surface area contributed by atoms with Crippen LogP contribution in [0.5, 0.6) is 5.75 Å². The molecule has 0 unspecified atom stereocenters. The molecular weight excluding hydrogens is 344 g/mol. The number of methoxy groups -OCH3 is 1. The summed E-state index contributed by atoms with van der Waals surface area (Å²) >= 11 is 0. The molecule has 0 aliphatic heterocycles. The normalized spacial score (nSPS) is 10.4. The van der Waals surface area contributed by atoms with Crippen molar-refractivity contribution in [3.05, 3.63) is 84.9 Å². The lowest BCUT2D eigenvalue weighted by Gasteiger charge is -2.11. The van der Waals surface area contributed by atoms with E-state index in [1.165, 1.54) is 0 Å². The van der Waals surface area contributed by atoms with E-state index in [-0.39, 0.29) is 0 Å². The molecular formula is C25H20N2O. The topological polar surface area (TPSA) is 27.1 Å². The van der Waals surface area contributed by atoms with Gasteiger partial charge in [-0.3, -0.25) is 0 Å². The van der Waals surface area contributed by atoms with Gasteiger partial charge in [0.25, 0.3) is 0 Å². The molecule has 0 aliphatic rings. The molecule has 1 heterocycles. The molecule has 0 aliphatic carbocycles. The number of benzene rings is 3. The highest BCUT2D eigenvalue weighted by Crippen LogP contribution is 2.36. The van der Waals surface area contributed by atoms with Gasteiger partial charge in [-0.1, -0.05) is 66.6 Å². The molecule has 4 rings (SSSR count). The summed E-state index contributed by atoms with van der Waals surface area (Å²) in [5.74, 6) is 4.45. The first-order valence-electron chi connectivity index (χ1n) is 9.11. The number of nitrogens with zero attached hydrogens (tertiary/aromatic N) is 2. The molecule has 0 radical (unpaired) electrons. The van der Waals surface area contributed by atoms with Crippen LogP contribution in [0.25, 0.3) is 33.9 Å². The van der Waals surface area contributed by atoms with E-state index in [0.717, 1.165) is 39.7 Å². The van der Waals surface area contributed by atoms with Crippen molar-refractivity contribution in [2.75, 3.05) is 7.11 Å². The standard InChI is InChI=1S/C25H20N2O/c1-3-18-27-24(20-12-8-5-9-13-20)23(19-10-6-4-7-11-19)26-25(27)21-14-16-22(28-2)17-15-21/h1,4-17H,18H2,2H3. The molecule has 0 spiro atoms. The van der Waals surface area contributed by atoms with Gasteiger partial charge in [0.05, 0.1) is 25.0 Å². The van der Waals surface area contributed by atoms with Gasteiger partial charge >= 0.3 is 0 Å². The molecule has 4 aromatic rings. The molecule has 3 nitrogen and oxygen atoms in total. The van der Waals surface area contributed by atoms with Crippen LogP contribution in [-0.2, 0) is 6.54 Å². The molecule has 0 bridgehead atoms. The van der Waals surface area contributed by atoms with E-state index in [0.29, 0.717) is 6.54 Å². The first kappa shape index (κ1) is 17.6. The van der Waals surface area contributed by atoms with E-state index < -0.39 is 0 Å². The average molecular weight is 364 g/mol. The van der Waals surface area contributed by atoms with Gasteiger partial charge < -0.3 is 9.30 Å². The van der Waals surface area contributed by atoms with Crippen LogP contribution in [0.1, 0.15) is 0 Å². The van der Waals surface area contributed by atoms with Crippen LogP contribution < -0.4 is 4.74 Å². The number of hydrogen-bond acceptors (Lipinski definition) is 2. The van der Waals surface area contributed by atoms with Gasteiger partial charge in [-0.05, 0) is 24.3 Å². The molecule has 28 heavy (non-hydrogen) atoms. The van der Waals surface area contributed by atoms with Crippen molar-refractivity contribution in [1.29, 1.82) is 0 Å². The average Bonchev–Trinajstić information content (AvgIpc) is 3.14. The van der Waals surface area contributed by atoms with E-state index in [2.05, 4.69) is 34.8 Å². The van der Waals surface area contributed by atoms with E-state index in [9.17, 15) is 0 Å². The molecule has 3 aromatic carbocycles. The molecule has 0 atom stereocenters. The Hall–Kier alpha value is -3.77. The minimum Gasteiger partial charge on any atom is -0.497 e. The molecule has 1 aromatic heterocycles. The minimum absolute atomic E-state index is 0.436. The Morgan fingerprint density at radius 2 is 1.43 bits per heavy atom. The van der Waals surface area contributed by atoms with Crippen molar-refractivity contribution >= 4 is 0 Å². The Kier molecular flexibility index (Phi) is 4.95. The summed E-state index contributed by atoms with van der Waals surface area (Å²) in [5.41, 5.74) is 5.09. The second kappa shape index (κ2) is 7.85.